The lowest BCUT2D eigenvalue weighted by atomic mass is 10.4. The van der Waals surface area contributed by atoms with Gasteiger partial charge in [0, 0.05) is 13.5 Å². The summed E-state index contributed by atoms with van der Waals surface area (Å²) >= 11 is 8.38. The second kappa shape index (κ2) is 10.4. The number of ether oxygens (including phenoxy) is 1. The number of nitrogens with one attached hydrogen (secondary N) is 1. The van der Waals surface area contributed by atoms with Gasteiger partial charge in [0.05, 0.1) is 6.61 Å². The van der Waals surface area contributed by atoms with E-state index in [0.717, 1.165) is 0 Å². The van der Waals surface area contributed by atoms with Gasteiger partial charge < -0.3 is 20.9 Å². The molecule has 4 N–H and O–H groups in total. The minimum absolute atomic E-state index is 0.0575. The summed E-state index contributed by atoms with van der Waals surface area (Å²) in [5, 5.41) is 9.57. The maximum atomic E-state index is 12.1. The van der Waals surface area contributed by atoms with Crippen LogP contribution in [0.5, 0.6) is 0 Å². The van der Waals surface area contributed by atoms with E-state index in [1.165, 1.54) is 7.05 Å². The van der Waals surface area contributed by atoms with Crippen LogP contribution in [0.4, 0.5) is 13.2 Å². The fraction of sp³-hybridized carbons (Fsp3) is 0.429. The van der Waals surface area contributed by atoms with Crippen molar-refractivity contribution in [3.63, 3.8) is 0 Å². The Balaban J connectivity index is 0. The number of nitrogens with two attached hydrogens (primary N) is 1. The summed E-state index contributed by atoms with van der Waals surface area (Å²) in [5.74, 6) is -1.46. The Hall–Kier alpha value is -1.09. The normalized spacial score (nSPS) is 8.25. The van der Waals surface area contributed by atoms with Crippen LogP contribution < -0.4 is 11.1 Å². The third-order valence-electron chi connectivity index (χ3n) is 0.964. The summed E-state index contributed by atoms with van der Waals surface area (Å²) in [6, 6.07) is 0. The van der Waals surface area contributed by atoms with Crippen LogP contribution in [0.3, 0.4) is 0 Å². The summed E-state index contributed by atoms with van der Waals surface area (Å²) in [7, 11) is 1.52. The van der Waals surface area contributed by atoms with E-state index in [1.54, 1.807) is 0 Å². The van der Waals surface area contributed by atoms with Gasteiger partial charge in [0.2, 0.25) is 0 Å². The Morgan fingerprint density at radius 2 is 1.81 bits per heavy atom. The highest BCUT2D eigenvalue weighted by Crippen LogP contribution is 2.12. The number of hydrogen-bond acceptors (Lipinski definition) is 3. The summed E-state index contributed by atoms with van der Waals surface area (Å²) < 4.78 is 39.6. The number of halogens is 3. The topological polar surface area (TPSA) is 67.5 Å². The maximum Gasteiger partial charge on any atom is 0.301 e. The van der Waals surface area contributed by atoms with E-state index < -0.39 is 23.5 Å². The fourth-order valence-electron chi connectivity index (χ4n) is 0.400. The van der Waals surface area contributed by atoms with E-state index in [9.17, 15) is 13.2 Å². The molecule has 0 saturated heterocycles. The fourth-order valence-corrected chi connectivity index (χ4v) is 0.483. The van der Waals surface area contributed by atoms with Gasteiger partial charge in [-0.15, -0.1) is 0 Å². The molecule has 9 heteroatoms. The zero-order chi connectivity index (χ0) is 13.1. The van der Waals surface area contributed by atoms with Crippen molar-refractivity contribution in [1.29, 1.82) is 0 Å². The van der Waals surface area contributed by atoms with E-state index in [0.29, 0.717) is 0 Å². The van der Waals surface area contributed by atoms with E-state index in [2.05, 4.69) is 40.2 Å². The van der Waals surface area contributed by atoms with Gasteiger partial charge in [-0.3, -0.25) is 0 Å². The monoisotopic (exact) mass is 276 g/mol. The zero-order valence-corrected chi connectivity index (χ0v) is 9.93. The summed E-state index contributed by atoms with van der Waals surface area (Å²) in [4.78, 5) is 0. The predicted octanol–water partition coefficient (Wildman–Crippen LogP) is 1.76. The number of thiocarbonyl (C=S) groups is 2. The number of aliphatic hydroxyl groups excluding tert-OH is 1. The molecule has 0 aromatic heterocycles. The summed E-state index contributed by atoms with van der Waals surface area (Å²) in [5.41, 5.74) is 4.40. The summed E-state index contributed by atoms with van der Waals surface area (Å²) in [6.07, 6.45) is -2.78. The lowest BCUT2D eigenvalue weighted by Gasteiger charge is -2.04. The first-order valence-electron chi connectivity index (χ1n) is 3.83. The van der Waals surface area contributed by atoms with Crippen molar-refractivity contribution in [3.8, 4) is 0 Å². The highest BCUT2D eigenvalue weighted by atomic mass is 32.1. The SMILES string of the molecule is CNC(=S)OCCC(F)=C(F)F.NC(O)=S. The predicted molar refractivity (Wildman–Crippen MR) is 62.0 cm³/mol. The Morgan fingerprint density at radius 3 is 2.12 bits per heavy atom. The first-order chi connectivity index (χ1) is 7.31. The molecule has 0 aliphatic heterocycles. The van der Waals surface area contributed by atoms with Crippen molar-refractivity contribution in [3.05, 3.63) is 11.9 Å². The van der Waals surface area contributed by atoms with E-state index in [1.807, 2.05) is 0 Å². The molecule has 0 aromatic carbocycles. The van der Waals surface area contributed by atoms with Crippen LogP contribution in [0.1, 0.15) is 6.42 Å². The minimum atomic E-state index is -2.31. The number of rotatable bonds is 3. The van der Waals surface area contributed by atoms with Gasteiger partial charge in [0.15, 0.2) is 5.83 Å². The average Bonchev–Trinajstić information content (AvgIpc) is 2.16. The van der Waals surface area contributed by atoms with E-state index in [-0.39, 0.29) is 11.8 Å². The number of aliphatic hydroxyl groups is 1. The second-order valence-corrected chi connectivity index (χ2v) is 2.93. The highest BCUT2D eigenvalue weighted by Gasteiger charge is 2.04. The van der Waals surface area contributed by atoms with Crippen LogP contribution in [-0.2, 0) is 4.74 Å². The molecule has 0 saturated carbocycles. The van der Waals surface area contributed by atoms with Gasteiger partial charge >= 0.3 is 6.08 Å². The Kier molecular flexibility index (Phi) is 11.3. The maximum absolute atomic E-state index is 12.1. The van der Waals surface area contributed by atoms with Gasteiger partial charge in [-0.2, -0.15) is 8.78 Å². The molecule has 0 atom stereocenters. The van der Waals surface area contributed by atoms with Gasteiger partial charge in [-0.05, 0) is 24.4 Å². The molecule has 0 radical (unpaired) electrons. The second-order valence-electron chi connectivity index (χ2n) is 2.14. The molecule has 0 unspecified atom stereocenters. The van der Waals surface area contributed by atoms with Crippen molar-refractivity contribution in [1.82, 2.24) is 5.32 Å². The molecule has 0 heterocycles. The van der Waals surface area contributed by atoms with Crippen molar-refractivity contribution in [2.45, 2.75) is 6.42 Å². The average molecular weight is 276 g/mol. The van der Waals surface area contributed by atoms with Gasteiger partial charge in [-0.1, -0.05) is 0 Å². The smallest absolute Gasteiger partial charge is 0.301 e. The molecule has 16 heavy (non-hydrogen) atoms. The van der Waals surface area contributed by atoms with Gasteiger partial charge in [0.25, 0.3) is 10.3 Å². The van der Waals surface area contributed by atoms with Crippen molar-refractivity contribution < 1.29 is 23.0 Å². The highest BCUT2D eigenvalue weighted by molar-refractivity contribution is 7.80. The van der Waals surface area contributed by atoms with Crippen LogP contribution in [-0.4, -0.2) is 29.1 Å². The third kappa shape index (κ3) is 15.4. The molecule has 4 nitrogen and oxygen atoms in total. The molecular weight excluding hydrogens is 265 g/mol. The van der Waals surface area contributed by atoms with Crippen LogP contribution in [0.25, 0.3) is 0 Å². The molecule has 0 fully saturated rings. The van der Waals surface area contributed by atoms with Gasteiger partial charge in [-0.25, -0.2) is 4.39 Å². The third-order valence-corrected chi connectivity index (χ3v) is 1.29. The van der Waals surface area contributed by atoms with E-state index >= 15 is 0 Å². The Bertz CT molecular complexity index is 266. The Morgan fingerprint density at radius 1 is 1.38 bits per heavy atom. The molecule has 0 amide bonds. The molecule has 0 spiro atoms. The van der Waals surface area contributed by atoms with E-state index in [4.69, 9.17) is 5.11 Å². The summed E-state index contributed by atoms with van der Waals surface area (Å²) in [6.45, 7) is -0.192. The Labute approximate surface area is 101 Å². The first kappa shape index (κ1) is 17.3. The minimum Gasteiger partial charge on any atom is -0.487 e. The quantitative estimate of drug-likeness (QED) is 0.683. The molecule has 0 bridgehead atoms. The van der Waals surface area contributed by atoms with Crippen molar-refractivity contribution >= 4 is 34.8 Å². The van der Waals surface area contributed by atoms with Crippen LogP contribution >= 0.6 is 24.4 Å². The molecule has 0 aliphatic rings. The first-order valence-corrected chi connectivity index (χ1v) is 4.65. The van der Waals surface area contributed by atoms with Gasteiger partial charge in [0.1, 0.15) is 0 Å². The molecule has 94 valence electrons. The molecular formula is C7H11F3N2O2S2. The van der Waals surface area contributed by atoms with Crippen molar-refractivity contribution in [2.24, 2.45) is 5.73 Å². The lowest BCUT2D eigenvalue weighted by Crippen LogP contribution is -2.19. The van der Waals surface area contributed by atoms with Crippen molar-refractivity contribution in [2.75, 3.05) is 13.7 Å². The number of hydrogen-bond donors (Lipinski definition) is 3. The van der Waals surface area contributed by atoms with Crippen LogP contribution in [0.2, 0.25) is 0 Å². The zero-order valence-electron chi connectivity index (χ0n) is 8.30. The molecule has 0 aliphatic carbocycles. The molecule has 0 aromatic rings. The van der Waals surface area contributed by atoms with Crippen LogP contribution in [0, 0.1) is 0 Å². The van der Waals surface area contributed by atoms with Crippen LogP contribution in [0.15, 0.2) is 11.9 Å². The lowest BCUT2D eigenvalue weighted by molar-refractivity contribution is 0.282. The standard InChI is InChI=1S/C6H8F3NOS.CH3NOS/c1-10-6(12)11-3-2-4(7)5(8)9;2-1(3)4/h2-3H2,1H3,(H,10,12);(H3,2,3,4). The largest absolute Gasteiger partial charge is 0.487 e. The molecule has 0 rings (SSSR count).